The third kappa shape index (κ3) is 7.51. The van der Waals surface area contributed by atoms with Crippen LogP contribution < -0.4 is 0 Å². The van der Waals surface area contributed by atoms with Gasteiger partial charge in [-0.1, -0.05) is 0 Å². The molecule has 1 atom stereocenters. The molecule has 0 saturated carbocycles. The summed E-state index contributed by atoms with van der Waals surface area (Å²) in [6.45, 7) is 0. The standard InChI is InChI=1S/C16F36O3Si/c17-1(18,3(21,22)5(25,26)7(29,30)9(32,33)34)2(19,20)4(23,24)6(27,28)8(31,10(35,36)37)53-56(16(51,52)13(44,45)46,54-14(47,48)11(38,39)40)55-15(49,50)12(41,42)43. The molecular formula is C16F36O3Si. The molecule has 3 nitrogen and oxygen atoms in total. The largest absolute Gasteiger partial charge is 0.598 e. The molecule has 0 aromatic rings. The topological polar surface area (TPSA) is 27.7 Å². The van der Waals surface area contributed by atoms with E-state index in [4.69, 9.17) is 0 Å². The van der Waals surface area contributed by atoms with Crippen molar-refractivity contribution >= 4 is 8.80 Å². The average Bonchev–Trinajstić information content (AvgIpc) is 2.88. The van der Waals surface area contributed by atoms with E-state index < -0.39 is 105 Å². The van der Waals surface area contributed by atoms with Gasteiger partial charge in [-0.05, 0) is 0 Å². The second-order valence-electron chi connectivity index (χ2n) is 9.58. The third-order valence-electron chi connectivity index (χ3n) is 5.69. The Morgan fingerprint density at radius 1 is 0.214 bits per heavy atom. The van der Waals surface area contributed by atoms with Crippen LogP contribution in [-0.4, -0.2) is 105 Å². The van der Waals surface area contributed by atoms with Gasteiger partial charge in [0.15, 0.2) is 0 Å². The number of alkyl halides is 36. The van der Waals surface area contributed by atoms with Crippen LogP contribution in [0, 0.1) is 0 Å². The molecule has 0 saturated heterocycles. The summed E-state index contributed by atoms with van der Waals surface area (Å²) < 4.78 is 483. The molecule has 0 N–H and O–H groups in total. The van der Waals surface area contributed by atoms with Crippen molar-refractivity contribution in [3.8, 4) is 0 Å². The Labute approximate surface area is 277 Å². The zero-order valence-corrected chi connectivity index (χ0v) is 24.3. The van der Waals surface area contributed by atoms with E-state index in [9.17, 15) is 158 Å². The Balaban J connectivity index is 8.76. The van der Waals surface area contributed by atoms with Gasteiger partial charge in [0, 0.05) is 0 Å². The molecule has 0 aliphatic rings. The smallest absolute Gasteiger partial charge is 0.324 e. The van der Waals surface area contributed by atoms with E-state index in [1.165, 1.54) is 0 Å². The zero-order chi connectivity index (χ0) is 46.6. The molecule has 0 spiro atoms. The monoisotopic (exact) mass is 952 g/mol. The fourth-order valence-corrected chi connectivity index (χ4v) is 5.11. The Kier molecular flexibility index (Phi) is 12.7. The van der Waals surface area contributed by atoms with Crippen molar-refractivity contribution < 1.29 is 171 Å². The Bertz CT molecular complexity index is 1360. The van der Waals surface area contributed by atoms with E-state index in [1.807, 2.05) is 0 Å². The molecule has 0 aliphatic carbocycles. The molecule has 0 radical (unpaired) electrons. The van der Waals surface area contributed by atoms with Crippen LogP contribution in [0.15, 0.2) is 0 Å². The van der Waals surface area contributed by atoms with E-state index in [-0.39, 0.29) is 0 Å². The van der Waals surface area contributed by atoms with Gasteiger partial charge < -0.3 is 13.3 Å². The highest BCUT2D eigenvalue weighted by molar-refractivity contribution is 6.64. The van der Waals surface area contributed by atoms with Gasteiger partial charge in [-0.2, -0.15) is 158 Å². The van der Waals surface area contributed by atoms with Crippen molar-refractivity contribution in [3.63, 3.8) is 0 Å². The molecular weight excluding hydrogens is 952 g/mol. The van der Waals surface area contributed by atoms with Gasteiger partial charge in [0.25, 0.3) is 0 Å². The van der Waals surface area contributed by atoms with E-state index in [1.54, 1.807) is 0 Å². The average molecular weight is 952 g/mol. The lowest BCUT2D eigenvalue weighted by atomic mass is 9.87. The normalized spacial score (nSPS) is 18.0. The van der Waals surface area contributed by atoms with E-state index in [0.717, 1.165) is 13.3 Å². The first kappa shape index (κ1) is 53.6. The summed E-state index contributed by atoms with van der Waals surface area (Å²) in [5, 5.41) is 0. The van der Waals surface area contributed by atoms with Crippen LogP contribution in [0.3, 0.4) is 0 Å². The third-order valence-corrected chi connectivity index (χ3v) is 8.34. The van der Waals surface area contributed by atoms with Gasteiger partial charge in [-0.15, -0.1) is 0 Å². The molecule has 338 valence electrons. The molecule has 0 amide bonds. The molecule has 0 rings (SSSR count). The minimum absolute atomic E-state index is 0.815. The van der Waals surface area contributed by atoms with Crippen molar-refractivity contribution in [2.45, 2.75) is 96.0 Å². The van der Waals surface area contributed by atoms with Crippen LogP contribution in [0.25, 0.3) is 0 Å². The number of halogens is 36. The summed E-state index contributed by atoms with van der Waals surface area (Å²) in [4.78, 5) is 0. The Morgan fingerprint density at radius 3 is 0.643 bits per heavy atom. The van der Waals surface area contributed by atoms with Gasteiger partial charge >= 0.3 is 105 Å². The van der Waals surface area contributed by atoms with Crippen LogP contribution >= 0.6 is 0 Å². The fourth-order valence-electron chi connectivity index (χ4n) is 2.73. The van der Waals surface area contributed by atoms with Gasteiger partial charge in [0.05, 0.1) is 0 Å². The van der Waals surface area contributed by atoms with Crippen LogP contribution in [0.5, 0.6) is 0 Å². The lowest BCUT2D eigenvalue weighted by molar-refractivity contribution is -0.489. The predicted molar refractivity (Wildman–Crippen MR) is 92.6 cm³/mol. The Hall–Kier alpha value is -2.42. The summed E-state index contributed by atoms with van der Waals surface area (Å²) in [6, 6.07) is 0. The van der Waals surface area contributed by atoms with Gasteiger partial charge in [-0.3, -0.25) is 0 Å². The first-order chi connectivity index (χ1) is 23.4. The molecule has 56 heavy (non-hydrogen) atoms. The van der Waals surface area contributed by atoms with E-state index in [2.05, 4.69) is 0 Å². The fraction of sp³-hybridized carbons (Fsp3) is 1.00. The first-order valence-corrected chi connectivity index (χ1v) is 13.0. The van der Waals surface area contributed by atoms with E-state index in [0.29, 0.717) is 0 Å². The maximum absolute atomic E-state index is 14.9. The second kappa shape index (κ2) is 13.3. The quantitative estimate of drug-likeness (QED) is 0.128. The van der Waals surface area contributed by atoms with Crippen LogP contribution in [0.1, 0.15) is 0 Å². The predicted octanol–water partition coefficient (Wildman–Crippen LogP) is 11.3. The first-order valence-electron chi connectivity index (χ1n) is 11.3. The van der Waals surface area contributed by atoms with Crippen LogP contribution in [0.4, 0.5) is 158 Å². The molecule has 0 fully saturated rings. The van der Waals surface area contributed by atoms with Gasteiger partial charge in [0.2, 0.25) is 0 Å². The zero-order valence-electron chi connectivity index (χ0n) is 23.3. The molecule has 0 bridgehead atoms. The van der Waals surface area contributed by atoms with Crippen molar-refractivity contribution in [2.75, 3.05) is 0 Å². The number of hydrogen-bond acceptors (Lipinski definition) is 3. The lowest BCUT2D eigenvalue weighted by Crippen LogP contribution is -2.81. The molecule has 1 unspecified atom stereocenters. The van der Waals surface area contributed by atoms with Crippen LogP contribution in [-0.2, 0) is 13.3 Å². The highest BCUT2D eigenvalue weighted by Gasteiger charge is 3.00. The Morgan fingerprint density at radius 2 is 0.446 bits per heavy atom. The van der Waals surface area contributed by atoms with E-state index >= 15 is 0 Å². The minimum Gasteiger partial charge on any atom is -0.324 e. The highest BCUT2D eigenvalue weighted by Crippen LogP contribution is 2.67. The maximum Gasteiger partial charge on any atom is 0.598 e. The number of hydrogen-bond donors (Lipinski definition) is 0. The van der Waals surface area contributed by atoms with Crippen molar-refractivity contribution in [2.24, 2.45) is 0 Å². The summed E-state index contributed by atoms with van der Waals surface area (Å²) in [6.07, 6.45) is -61.8. The van der Waals surface area contributed by atoms with Gasteiger partial charge in [-0.25, -0.2) is 0 Å². The van der Waals surface area contributed by atoms with Crippen molar-refractivity contribution in [1.29, 1.82) is 0 Å². The lowest BCUT2D eigenvalue weighted by Gasteiger charge is -2.47. The van der Waals surface area contributed by atoms with Crippen molar-refractivity contribution in [3.05, 3.63) is 0 Å². The molecule has 0 heterocycles. The molecule has 0 aromatic carbocycles. The summed E-state index contributed by atoms with van der Waals surface area (Å²) in [5.74, 6) is -80.2. The minimum atomic E-state index is -12.0. The number of rotatable bonds is 14. The second-order valence-corrected chi connectivity index (χ2v) is 11.9. The van der Waals surface area contributed by atoms with Crippen LogP contribution in [0.2, 0.25) is 0 Å². The molecule has 0 aliphatic heterocycles. The summed E-state index contributed by atoms with van der Waals surface area (Å²) >= 11 is 0. The molecule has 0 aromatic heterocycles. The van der Waals surface area contributed by atoms with Crippen molar-refractivity contribution in [1.82, 2.24) is 0 Å². The SMILES string of the molecule is FC(F)(F)C(F)(F)O[Si](OC(F)(F)C(F)(F)F)(OC(F)(C(F)(F)F)C(F)(F)C(F)(F)C(F)(F)C(F)(F)C(F)(F)C(F)(F)C(F)(F)C(F)(F)F)C(F)(F)C(F)(F)F. The van der Waals surface area contributed by atoms with Gasteiger partial charge in [0.1, 0.15) is 0 Å². The molecule has 40 heteroatoms. The highest BCUT2D eigenvalue weighted by atomic mass is 28.4. The summed E-state index contributed by atoms with van der Waals surface area (Å²) in [5.41, 5.74) is -9.51. The maximum atomic E-state index is 14.9. The summed E-state index contributed by atoms with van der Waals surface area (Å²) in [7, 11) is -12.0.